The Bertz CT molecular complexity index is 553. The first-order valence-electron chi connectivity index (χ1n) is 10.1. The number of rotatable bonds is 4. The summed E-state index contributed by atoms with van der Waals surface area (Å²) in [5.41, 5.74) is 1.27. The van der Waals surface area contributed by atoms with Gasteiger partial charge in [0.25, 0.3) is 0 Å². The third kappa shape index (κ3) is 5.31. The van der Waals surface area contributed by atoms with Crippen LogP contribution in [-0.2, 0) is 25.4 Å². The zero-order valence-electron chi connectivity index (χ0n) is 16.1. The van der Waals surface area contributed by atoms with Crippen molar-refractivity contribution in [3.8, 4) is 0 Å². The standard InChI is InChI=1S/C22H32O4/c1-16-14-24-15-19(13-18-9-5-3-6-10-18)21(17(2)25-22(16)23)26-20-11-7-4-8-12-20/h3,5-6,9-10,16-17,19-21H,4,7-8,11-15H2,1-2H3/t16-,17-,19-,21-/m0/s1. The minimum absolute atomic E-state index is 0.132. The van der Waals surface area contributed by atoms with E-state index in [0.717, 1.165) is 19.3 Å². The van der Waals surface area contributed by atoms with Crippen molar-refractivity contribution in [2.45, 2.75) is 70.7 Å². The van der Waals surface area contributed by atoms with Gasteiger partial charge < -0.3 is 14.2 Å². The first kappa shape index (κ1) is 19.4. The second-order valence-electron chi connectivity index (χ2n) is 7.89. The van der Waals surface area contributed by atoms with Crippen LogP contribution in [0.5, 0.6) is 0 Å². The second-order valence-corrected chi connectivity index (χ2v) is 7.89. The molecule has 2 fully saturated rings. The quantitative estimate of drug-likeness (QED) is 0.756. The molecule has 1 saturated carbocycles. The van der Waals surface area contributed by atoms with Crippen molar-refractivity contribution in [2.75, 3.05) is 13.2 Å². The Morgan fingerprint density at radius 2 is 1.77 bits per heavy atom. The third-order valence-electron chi connectivity index (χ3n) is 5.57. The maximum absolute atomic E-state index is 12.3. The molecule has 4 nitrogen and oxygen atoms in total. The van der Waals surface area contributed by atoms with Crippen LogP contribution in [0.25, 0.3) is 0 Å². The van der Waals surface area contributed by atoms with Gasteiger partial charge in [0, 0.05) is 5.92 Å². The summed E-state index contributed by atoms with van der Waals surface area (Å²) in [5.74, 6) is -0.245. The molecule has 0 unspecified atom stereocenters. The van der Waals surface area contributed by atoms with Crippen LogP contribution in [0.4, 0.5) is 0 Å². The molecule has 4 heteroatoms. The molecule has 1 saturated heterocycles. The molecule has 0 N–H and O–H groups in total. The normalized spacial score (nSPS) is 31.5. The lowest BCUT2D eigenvalue weighted by molar-refractivity contribution is -0.167. The third-order valence-corrected chi connectivity index (χ3v) is 5.57. The SMILES string of the molecule is C[C@@H]1OC(=O)[C@@H](C)COC[C@H](Cc2ccccc2)[C@H]1OC1CCCCC1. The highest BCUT2D eigenvalue weighted by Crippen LogP contribution is 2.28. The van der Waals surface area contributed by atoms with E-state index in [1.165, 1.54) is 24.8 Å². The van der Waals surface area contributed by atoms with Gasteiger partial charge in [-0.05, 0) is 38.7 Å². The minimum Gasteiger partial charge on any atom is -0.460 e. The molecule has 1 aromatic rings. The summed E-state index contributed by atoms with van der Waals surface area (Å²) in [7, 11) is 0. The molecule has 144 valence electrons. The lowest BCUT2D eigenvalue weighted by atomic mass is 9.90. The Balaban J connectivity index is 1.78. The van der Waals surface area contributed by atoms with Crippen molar-refractivity contribution in [1.82, 2.24) is 0 Å². The molecule has 3 rings (SSSR count). The van der Waals surface area contributed by atoms with Gasteiger partial charge >= 0.3 is 5.97 Å². The minimum atomic E-state index is -0.262. The molecule has 0 radical (unpaired) electrons. The lowest BCUT2D eigenvalue weighted by Crippen LogP contribution is -2.42. The molecule has 1 aliphatic heterocycles. The van der Waals surface area contributed by atoms with Crippen molar-refractivity contribution in [2.24, 2.45) is 11.8 Å². The maximum Gasteiger partial charge on any atom is 0.311 e. The highest BCUT2D eigenvalue weighted by molar-refractivity contribution is 5.72. The van der Waals surface area contributed by atoms with Crippen molar-refractivity contribution in [3.05, 3.63) is 35.9 Å². The molecule has 0 amide bonds. The largest absolute Gasteiger partial charge is 0.460 e. The Kier molecular flexibility index (Phi) is 7.09. The molecule has 0 spiro atoms. The van der Waals surface area contributed by atoms with Gasteiger partial charge in [-0.1, -0.05) is 49.6 Å². The van der Waals surface area contributed by atoms with E-state index in [1.54, 1.807) is 0 Å². The summed E-state index contributed by atoms with van der Waals surface area (Å²) < 4.78 is 18.2. The summed E-state index contributed by atoms with van der Waals surface area (Å²) in [6.07, 6.45) is 6.70. The van der Waals surface area contributed by atoms with E-state index < -0.39 is 0 Å². The van der Waals surface area contributed by atoms with Gasteiger partial charge in [0.2, 0.25) is 0 Å². The van der Waals surface area contributed by atoms with Crippen LogP contribution in [-0.4, -0.2) is 37.5 Å². The van der Waals surface area contributed by atoms with E-state index in [4.69, 9.17) is 14.2 Å². The van der Waals surface area contributed by atoms with Crippen LogP contribution in [0, 0.1) is 11.8 Å². The Morgan fingerprint density at radius 1 is 1.04 bits per heavy atom. The van der Waals surface area contributed by atoms with E-state index in [-0.39, 0.29) is 36.1 Å². The number of ether oxygens (including phenoxy) is 3. The van der Waals surface area contributed by atoms with Gasteiger partial charge in [-0.2, -0.15) is 0 Å². The predicted molar refractivity (Wildman–Crippen MR) is 101 cm³/mol. The molecule has 0 bridgehead atoms. The van der Waals surface area contributed by atoms with E-state index >= 15 is 0 Å². The monoisotopic (exact) mass is 360 g/mol. The first-order valence-corrected chi connectivity index (χ1v) is 10.1. The maximum atomic E-state index is 12.3. The van der Waals surface area contributed by atoms with Gasteiger partial charge in [0.15, 0.2) is 0 Å². The van der Waals surface area contributed by atoms with Crippen LogP contribution in [0.3, 0.4) is 0 Å². The van der Waals surface area contributed by atoms with Gasteiger partial charge in [-0.15, -0.1) is 0 Å². The fourth-order valence-electron chi connectivity index (χ4n) is 4.05. The number of benzene rings is 1. The molecule has 4 atom stereocenters. The van der Waals surface area contributed by atoms with Crippen molar-refractivity contribution in [3.63, 3.8) is 0 Å². The highest BCUT2D eigenvalue weighted by atomic mass is 16.6. The van der Waals surface area contributed by atoms with Gasteiger partial charge in [-0.25, -0.2) is 0 Å². The summed E-state index contributed by atoms with van der Waals surface area (Å²) in [4.78, 5) is 12.3. The van der Waals surface area contributed by atoms with E-state index in [0.29, 0.717) is 13.2 Å². The predicted octanol–water partition coefficient (Wildman–Crippen LogP) is 4.16. The fourth-order valence-corrected chi connectivity index (χ4v) is 4.05. The van der Waals surface area contributed by atoms with E-state index in [9.17, 15) is 4.79 Å². The zero-order valence-corrected chi connectivity index (χ0v) is 16.1. The number of esters is 1. The topological polar surface area (TPSA) is 44.8 Å². The smallest absolute Gasteiger partial charge is 0.311 e. The van der Waals surface area contributed by atoms with Crippen LogP contribution in [0.1, 0.15) is 51.5 Å². The van der Waals surface area contributed by atoms with Crippen LogP contribution < -0.4 is 0 Å². The van der Waals surface area contributed by atoms with Crippen LogP contribution in [0.15, 0.2) is 30.3 Å². The van der Waals surface area contributed by atoms with E-state index in [2.05, 4.69) is 24.3 Å². The van der Waals surface area contributed by atoms with Gasteiger partial charge in [0.1, 0.15) is 6.10 Å². The summed E-state index contributed by atoms with van der Waals surface area (Å²) in [6.45, 7) is 4.84. The summed E-state index contributed by atoms with van der Waals surface area (Å²) >= 11 is 0. The molecule has 2 aliphatic rings. The Hall–Kier alpha value is -1.39. The molecular formula is C22H32O4. The second kappa shape index (κ2) is 9.52. The van der Waals surface area contributed by atoms with Crippen molar-refractivity contribution < 1.29 is 19.0 Å². The first-order chi connectivity index (χ1) is 12.6. The van der Waals surface area contributed by atoms with Crippen molar-refractivity contribution in [1.29, 1.82) is 0 Å². The zero-order chi connectivity index (χ0) is 18.4. The number of carbonyl (C=O) groups is 1. The number of hydrogen-bond acceptors (Lipinski definition) is 4. The average molecular weight is 360 g/mol. The van der Waals surface area contributed by atoms with Crippen molar-refractivity contribution >= 4 is 5.97 Å². The van der Waals surface area contributed by atoms with Crippen LogP contribution >= 0.6 is 0 Å². The molecule has 1 aromatic carbocycles. The Morgan fingerprint density at radius 3 is 2.50 bits per heavy atom. The Labute approximate surface area is 157 Å². The summed E-state index contributed by atoms with van der Waals surface area (Å²) in [6, 6.07) is 10.4. The summed E-state index contributed by atoms with van der Waals surface area (Å²) in [5, 5.41) is 0. The van der Waals surface area contributed by atoms with Gasteiger partial charge in [-0.3, -0.25) is 4.79 Å². The fraction of sp³-hybridized carbons (Fsp3) is 0.682. The lowest BCUT2D eigenvalue weighted by Gasteiger charge is -2.35. The molecule has 1 aliphatic carbocycles. The van der Waals surface area contributed by atoms with Crippen LogP contribution in [0.2, 0.25) is 0 Å². The number of cyclic esters (lactones) is 1. The number of carbonyl (C=O) groups excluding carboxylic acids is 1. The van der Waals surface area contributed by atoms with E-state index in [1.807, 2.05) is 19.9 Å². The molecule has 1 heterocycles. The molecule has 0 aromatic heterocycles. The average Bonchev–Trinajstić information content (AvgIpc) is 2.70. The van der Waals surface area contributed by atoms with Gasteiger partial charge in [0.05, 0.1) is 31.3 Å². The number of hydrogen-bond donors (Lipinski definition) is 0. The molecule has 26 heavy (non-hydrogen) atoms. The molecular weight excluding hydrogens is 328 g/mol. The highest BCUT2D eigenvalue weighted by Gasteiger charge is 2.35.